The van der Waals surface area contributed by atoms with Gasteiger partial charge < -0.3 is 10.6 Å². The first kappa shape index (κ1) is 19.0. The lowest BCUT2D eigenvalue weighted by molar-refractivity contribution is 0.221. The van der Waals surface area contributed by atoms with Crippen LogP contribution in [-0.2, 0) is 0 Å². The molecule has 5 heteroatoms. The lowest BCUT2D eigenvalue weighted by atomic mass is 10.0. The number of thiophene rings is 1. The number of likely N-dealkylation sites (tertiary alicyclic amines) is 1. The van der Waals surface area contributed by atoms with Crippen LogP contribution in [0, 0.1) is 0 Å². The molecule has 4 nitrogen and oxygen atoms in total. The number of guanidine groups is 1. The maximum absolute atomic E-state index is 4.80. The van der Waals surface area contributed by atoms with E-state index < -0.39 is 0 Å². The van der Waals surface area contributed by atoms with E-state index in [2.05, 4.69) is 60.4 Å². The minimum absolute atomic E-state index is 0.470. The van der Waals surface area contributed by atoms with Gasteiger partial charge in [0.1, 0.15) is 0 Å². The van der Waals surface area contributed by atoms with Gasteiger partial charge in [0, 0.05) is 43.0 Å². The Kier molecular flexibility index (Phi) is 7.79. The Morgan fingerprint density at radius 3 is 2.79 bits per heavy atom. The van der Waals surface area contributed by atoms with Crippen LogP contribution in [0.2, 0.25) is 0 Å². The highest BCUT2D eigenvalue weighted by atomic mass is 32.1. The van der Waals surface area contributed by atoms with Crippen molar-refractivity contribution >= 4 is 17.3 Å². The van der Waals surface area contributed by atoms with Crippen molar-refractivity contribution in [3.8, 4) is 0 Å². The number of hydrogen-bond donors (Lipinski definition) is 2. The Bertz CT molecular complexity index is 515. The van der Waals surface area contributed by atoms with Crippen molar-refractivity contribution in [3.05, 3.63) is 34.5 Å². The molecule has 134 valence electrons. The van der Waals surface area contributed by atoms with Crippen molar-refractivity contribution in [3.63, 3.8) is 0 Å². The quantitative estimate of drug-likeness (QED) is 0.450. The highest BCUT2D eigenvalue weighted by Gasteiger charge is 2.19. The largest absolute Gasteiger partial charge is 0.357 e. The van der Waals surface area contributed by atoms with Gasteiger partial charge in [-0.2, -0.15) is 0 Å². The van der Waals surface area contributed by atoms with Crippen molar-refractivity contribution in [2.24, 2.45) is 4.99 Å². The van der Waals surface area contributed by atoms with Crippen LogP contribution >= 0.6 is 11.3 Å². The molecule has 0 bridgehead atoms. The fourth-order valence-corrected chi connectivity index (χ4v) is 3.80. The molecule has 1 fully saturated rings. The fourth-order valence-electron chi connectivity index (χ4n) is 3.02. The summed E-state index contributed by atoms with van der Waals surface area (Å²) in [6, 6.07) is 4.83. The first-order chi connectivity index (χ1) is 11.6. The molecule has 0 aliphatic carbocycles. The topological polar surface area (TPSA) is 39.7 Å². The maximum Gasteiger partial charge on any atom is 0.191 e. The van der Waals surface area contributed by atoms with E-state index in [1.807, 2.05) is 11.3 Å². The summed E-state index contributed by atoms with van der Waals surface area (Å²) in [5, 5.41) is 9.15. The molecule has 2 heterocycles. The number of rotatable bonds is 7. The molecule has 1 unspecified atom stereocenters. The number of nitrogens with one attached hydrogen (secondary N) is 2. The Morgan fingerprint density at radius 2 is 2.21 bits per heavy atom. The number of hydrogen-bond acceptors (Lipinski definition) is 3. The van der Waals surface area contributed by atoms with Crippen LogP contribution in [0.15, 0.2) is 34.7 Å². The summed E-state index contributed by atoms with van der Waals surface area (Å²) >= 11 is 1.81. The molecule has 0 radical (unpaired) electrons. The molecule has 1 saturated heterocycles. The molecule has 1 aliphatic rings. The van der Waals surface area contributed by atoms with Gasteiger partial charge in [0.25, 0.3) is 0 Å². The molecule has 0 aromatic carbocycles. The zero-order valence-corrected chi connectivity index (χ0v) is 16.2. The minimum atomic E-state index is 0.470. The van der Waals surface area contributed by atoms with Crippen molar-refractivity contribution in [1.82, 2.24) is 15.5 Å². The fraction of sp³-hybridized carbons (Fsp3) is 0.632. The van der Waals surface area contributed by atoms with E-state index in [1.54, 1.807) is 0 Å². The monoisotopic (exact) mass is 348 g/mol. The van der Waals surface area contributed by atoms with Crippen molar-refractivity contribution < 1.29 is 0 Å². The van der Waals surface area contributed by atoms with E-state index in [0.29, 0.717) is 12.0 Å². The van der Waals surface area contributed by atoms with E-state index >= 15 is 0 Å². The molecule has 0 saturated carbocycles. The summed E-state index contributed by atoms with van der Waals surface area (Å²) < 4.78 is 0. The van der Waals surface area contributed by atoms with Gasteiger partial charge in [-0.3, -0.25) is 9.89 Å². The highest BCUT2D eigenvalue weighted by Crippen LogP contribution is 2.20. The van der Waals surface area contributed by atoms with Gasteiger partial charge in [-0.15, -0.1) is 11.3 Å². The van der Waals surface area contributed by atoms with Gasteiger partial charge in [0.15, 0.2) is 5.96 Å². The lowest BCUT2D eigenvalue weighted by Crippen LogP contribution is -2.49. The molecule has 1 aliphatic heterocycles. The third-order valence-corrected chi connectivity index (χ3v) is 5.42. The summed E-state index contributed by atoms with van der Waals surface area (Å²) in [4.78, 5) is 8.70. The Morgan fingerprint density at radius 1 is 1.46 bits per heavy atom. The molecule has 1 aromatic heterocycles. The van der Waals surface area contributed by atoms with Crippen molar-refractivity contribution in [2.45, 2.75) is 45.6 Å². The molecule has 1 atom stereocenters. The van der Waals surface area contributed by atoms with Crippen LogP contribution in [0.5, 0.6) is 0 Å². The molecule has 0 spiro atoms. The number of nitrogens with zero attached hydrogens (tertiary/aromatic N) is 2. The molecular weight excluding hydrogens is 316 g/mol. The summed E-state index contributed by atoms with van der Waals surface area (Å²) in [6.45, 7) is 15.5. The van der Waals surface area contributed by atoms with Gasteiger partial charge in [0.2, 0.25) is 0 Å². The summed E-state index contributed by atoms with van der Waals surface area (Å²) in [5.41, 5.74) is 1.25. The van der Waals surface area contributed by atoms with Gasteiger partial charge >= 0.3 is 0 Å². The van der Waals surface area contributed by atoms with Gasteiger partial charge in [0.05, 0.1) is 6.54 Å². The van der Waals surface area contributed by atoms with Crippen molar-refractivity contribution in [2.75, 3.05) is 32.7 Å². The SMILES string of the molecule is C=C(C)CN1CCC(NC(=NCC(C)c2cccs2)NCC)CC1. The van der Waals surface area contributed by atoms with Crippen LogP contribution < -0.4 is 10.6 Å². The third kappa shape index (κ3) is 6.29. The molecular formula is C19H32N4S. The van der Waals surface area contributed by atoms with Gasteiger partial charge in [-0.1, -0.05) is 25.1 Å². The zero-order chi connectivity index (χ0) is 17.4. The predicted octanol–water partition coefficient (Wildman–Crippen LogP) is 3.45. The first-order valence-corrected chi connectivity index (χ1v) is 9.91. The summed E-state index contributed by atoms with van der Waals surface area (Å²) in [5.74, 6) is 1.43. The third-order valence-electron chi connectivity index (χ3n) is 4.32. The zero-order valence-electron chi connectivity index (χ0n) is 15.3. The smallest absolute Gasteiger partial charge is 0.191 e. The molecule has 1 aromatic rings. The van der Waals surface area contributed by atoms with Crippen LogP contribution in [0.1, 0.15) is 44.4 Å². The summed E-state index contributed by atoms with van der Waals surface area (Å²) in [6.07, 6.45) is 2.33. The number of piperidine rings is 1. The van der Waals surface area contributed by atoms with Crippen LogP contribution in [0.25, 0.3) is 0 Å². The Balaban J connectivity index is 1.82. The normalized spacial score (nSPS) is 18.4. The van der Waals surface area contributed by atoms with E-state index in [9.17, 15) is 0 Å². The minimum Gasteiger partial charge on any atom is -0.357 e. The van der Waals surface area contributed by atoms with Gasteiger partial charge in [-0.05, 0) is 38.1 Å². The average Bonchev–Trinajstić information content (AvgIpc) is 3.08. The molecule has 2 rings (SSSR count). The van der Waals surface area contributed by atoms with Gasteiger partial charge in [-0.25, -0.2) is 0 Å². The average molecular weight is 349 g/mol. The van der Waals surface area contributed by atoms with E-state index in [1.165, 1.54) is 10.5 Å². The second-order valence-corrected chi connectivity index (χ2v) is 7.77. The van der Waals surface area contributed by atoms with E-state index in [-0.39, 0.29) is 0 Å². The number of aliphatic imine (C=N–C) groups is 1. The summed E-state index contributed by atoms with van der Waals surface area (Å²) in [7, 11) is 0. The van der Waals surface area contributed by atoms with Crippen LogP contribution in [0.3, 0.4) is 0 Å². The predicted molar refractivity (Wildman–Crippen MR) is 106 cm³/mol. The van der Waals surface area contributed by atoms with Crippen molar-refractivity contribution in [1.29, 1.82) is 0 Å². The standard InChI is InChI=1S/C19H32N4S/c1-5-20-19(21-13-16(4)18-7-6-12-24-18)22-17-8-10-23(11-9-17)14-15(2)3/h6-7,12,16-17H,2,5,8-11,13-14H2,1,3-4H3,(H2,20,21,22). The second kappa shape index (κ2) is 9.84. The lowest BCUT2D eigenvalue weighted by Gasteiger charge is -2.33. The molecule has 2 N–H and O–H groups in total. The molecule has 24 heavy (non-hydrogen) atoms. The Hall–Kier alpha value is -1.33. The second-order valence-electron chi connectivity index (χ2n) is 6.79. The van der Waals surface area contributed by atoms with Crippen LogP contribution in [0.4, 0.5) is 0 Å². The van der Waals surface area contributed by atoms with Crippen LogP contribution in [-0.4, -0.2) is 49.6 Å². The highest BCUT2D eigenvalue weighted by molar-refractivity contribution is 7.10. The van der Waals surface area contributed by atoms with E-state index in [4.69, 9.17) is 4.99 Å². The molecule has 0 amide bonds. The first-order valence-electron chi connectivity index (χ1n) is 9.03. The Labute approximate surface area is 151 Å². The maximum atomic E-state index is 4.80. The van der Waals surface area contributed by atoms with E-state index in [0.717, 1.165) is 51.5 Å².